The summed E-state index contributed by atoms with van der Waals surface area (Å²) in [6.45, 7) is 5.78. The highest BCUT2D eigenvalue weighted by molar-refractivity contribution is 6.46. The Balaban J connectivity index is 2.04. The molecule has 0 saturated heterocycles. The quantitative estimate of drug-likeness (QED) is 0.562. The Labute approximate surface area is 167 Å². The average molecular weight is 423 g/mol. The number of pyridine rings is 1. The molecule has 1 heterocycles. The molecule has 0 aromatic carbocycles. The molecule has 1 aliphatic rings. The fourth-order valence-corrected chi connectivity index (χ4v) is 3.61. The van der Waals surface area contributed by atoms with Crippen LogP contribution in [-0.2, 0) is 9.53 Å². The molecule has 2 rings (SSSR count). The van der Waals surface area contributed by atoms with Gasteiger partial charge in [0.15, 0.2) is 17.0 Å². The minimum absolute atomic E-state index is 0.0422. The Morgan fingerprint density at radius 1 is 1.23 bits per heavy atom. The minimum Gasteiger partial charge on any atom is -0.448 e. The van der Waals surface area contributed by atoms with Gasteiger partial charge in [0.2, 0.25) is 0 Å². The Morgan fingerprint density at radius 3 is 2.54 bits per heavy atom. The number of carbonyl (C=O) groups excluding carboxylic acids is 2. The Kier molecular flexibility index (Phi) is 6.99. The Morgan fingerprint density at radius 2 is 1.88 bits per heavy atom. The van der Waals surface area contributed by atoms with Gasteiger partial charge in [-0.15, -0.1) is 0 Å². The van der Waals surface area contributed by atoms with E-state index < -0.39 is 12.1 Å². The fourth-order valence-electron chi connectivity index (χ4n) is 3.02. The zero-order valence-electron chi connectivity index (χ0n) is 14.8. The first-order valence-electron chi connectivity index (χ1n) is 8.44. The van der Waals surface area contributed by atoms with E-state index in [1.54, 1.807) is 0 Å². The molecule has 4 atom stereocenters. The molecule has 0 spiro atoms. The van der Waals surface area contributed by atoms with Crippen LogP contribution >= 0.6 is 34.8 Å². The topological polar surface area (TPSA) is 94.3 Å². The highest BCUT2D eigenvalue weighted by Gasteiger charge is 2.31. The maximum Gasteiger partial charge on any atom is 0.359 e. The van der Waals surface area contributed by atoms with Crippen molar-refractivity contribution in [3.8, 4) is 0 Å². The number of nitrogens with zero attached hydrogens (tertiary/aromatic N) is 1. The minimum atomic E-state index is -1.01. The van der Waals surface area contributed by atoms with Crippen LogP contribution < -0.4 is 11.1 Å². The summed E-state index contributed by atoms with van der Waals surface area (Å²) in [5.74, 6) is -0.364. The van der Waals surface area contributed by atoms with Gasteiger partial charge in [0.1, 0.15) is 5.02 Å². The lowest BCUT2D eigenvalue weighted by molar-refractivity contribution is -0.130. The number of halogens is 3. The van der Waals surface area contributed by atoms with E-state index in [0.717, 1.165) is 19.3 Å². The largest absolute Gasteiger partial charge is 0.448 e. The zero-order valence-corrected chi connectivity index (χ0v) is 17.1. The third-order valence-electron chi connectivity index (χ3n) is 4.95. The van der Waals surface area contributed by atoms with Crippen LogP contribution in [0.3, 0.4) is 0 Å². The van der Waals surface area contributed by atoms with E-state index in [-0.39, 0.29) is 38.5 Å². The van der Waals surface area contributed by atoms with Crippen LogP contribution in [-0.4, -0.2) is 29.0 Å². The van der Waals surface area contributed by atoms with Crippen molar-refractivity contribution in [2.45, 2.75) is 52.2 Å². The highest BCUT2D eigenvalue weighted by Crippen LogP contribution is 2.34. The summed E-state index contributed by atoms with van der Waals surface area (Å²) >= 11 is 17.6. The molecule has 9 heteroatoms. The number of hydrogen-bond donors (Lipinski definition) is 2. The van der Waals surface area contributed by atoms with Gasteiger partial charge in [-0.2, -0.15) is 0 Å². The van der Waals surface area contributed by atoms with Crippen LogP contribution in [0.15, 0.2) is 0 Å². The van der Waals surface area contributed by atoms with Crippen LogP contribution in [0.1, 0.15) is 50.5 Å². The lowest BCUT2D eigenvalue weighted by Crippen LogP contribution is -2.47. The number of amides is 1. The molecule has 0 radical (unpaired) electrons. The number of nitrogens with one attached hydrogen (secondary N) is 1. The number of aromatic nitrogens is 1. The SMILES string of the molecule is C[C@@H]1[C@@H](C)CCC[C@H]1NC(=O)[C@H](C)OC(=O)c1nc(Cl)c(Cl)c(N)c1Cl. The van der Waals surface area contributed by atoms with Crippen molar-refractivity contribution < 1.29 is 14.3 Å². The van der Waals surface area contributed by atoms with Gasteiger partial charge in [-0.25, -0.2) is 9.78 Å². The van der Waals surface area contributed by atoms with Gasteiger partial charge in [0.05, 0.1) is 10.7 Å². The summed E-state index contributed by atoms with van der Waals surface area (Å²) in [5.41, 5.74) is 5.34. The second kappa shape index (κ2) is 8.63. The van der Waals surface area contributed by atoms with E-state index in [1.807, 2.05) is 0 Å². The molecule has 1 aliphatic carbocycles. The summed E-state index contributed by atoms with van der Waals surface area (Å²) in [5, 5.41) is 2.59. The number of rotatable bonds is 4. The van der Waals surface area contributed by atoms with Gasteiger partial charge in [0.25, 0.3) is 5.91 Å². The zero-order chi connectivity index (χ0) is 19.6. The third kappa shape index (κ3) is 4.53. The first-order chi connectivity index (χ1) is 12.1. The number of nitrogens with two attached hydrogens (primary N) is 1. The molecule has 144 valence electrons. The maximum absolute atomic E-state index is 12.4. The summed E-state index contributed by atoms with van der Waals surface area (Å²) in [6, 6.07) is 0.0646. The molecule has 1 aromatic heterocycles. The normalized spacial score (nSPS) is 24.0. The van der Waals surface area contributed by atoms with Gasteiger partial charge in [-0.1, -0.05) is 61.5 Å². The molecule has 6 nitrogen and oxygen atoms in total. The van der Waals surface area contributed by atoms with E-state index in [1.165, 1.54) is 6.92 Å². The van der Waals surface area contributed by atoms with Crippen molar-refractivity contribution >= 4 is 52.4 Å². The van der Waals surface area contributed by atoms with E-state index >= 15 is 0 Å². The lowest BCUT2D eigenvalue weighted by Gasteiger charge is -2.35. The molecular formula is C17H22Cl3N3O3. The molecule has 0 bridgehead atoms. The molecule has 0 aliphatic heterocycles. The molecule has 3 N–H and O–H groups in total. The van der Waals surface area contributed by atoms with Gasteiger partial charge >= 0.3 is 5.97 Å². The Hall–Kier alpha value is -1.24. The molecular weight excluding hydrogens is 401 g/mol. The second-order valence-electron chi connectivity index (χ2n) is 6.72. The molecule has 1 aromatic rings. The van der Waals surface area contributed by atoms with Crippen LogP contribution in [0.2, 0.25) is 15.2 Å². The first kappa shape index (κ1) is 21.1. The van der Waals surface area contributed by atoms with Crippen LogP contribution in [0.4, 0.5) is 5.69 Å². The summed E-state index contributed by atoms with van der Waals surface area (Å²) in [7, 11) is 0. The summed E-state index contributed by atoms with van der Waals surface area (Å²) in [6.07, 6.45) is 2.11. The van der Waals surface area contributed by atoms with Gasteiger partial charge in [-0.05, 0) is 25.2 Å². The average Bonchev–Trinajstić information content (AvgIpc) is 2.59. The fraction of sp³-hybridized carbons (Fsp3) is 0.588. The van der Waals surface area contributed by atoms with E-state index in [2.05, 4.69) is 24.1 Å². The number of nitrogen functional groups attached to an aromatic ring is 1. The van der Waals surface area contributed by atoms with Crippen LogP contribution in [0.25, 0.3) is 0 Å². The Bertz CT molecular complexity index is 714. The monoisotopic (exact) mass is 421 g/mol. The van der Waals surface area contributed by atoms with Gasteiger partial charge in [0, 0.05) is 6.04 Å². The van der Waals surface area contributed by atoms with Crippen LogP contribution in [0, 0.1) is 11.8 Å². The molecule has 1 saturated carbocycles. The molecule has 0 unspecified atom stereocenters. The summed E-state index contributed by atoms with van der Waals surface area (Å²) < 4.78 is 5.18. The third-order valence-corrected chi connectivity index (χ3v) is 6.09. The number of esters is 1. The maximum atomic E-state index is 12.4. The highest BCUT2D eigenvalue weighted by atomic mass is 35.5. The van der Waals surface area contributed by atoms with E-state index in [0.29, 0.717) is 11.8 Å². The smallest absolute Gasteiger partial charge is 0.359 e. The van der Waals surface area contributed by atoms with Crippen LogP contribution in [0.5, 0.6) is 0 Å². The number of carbonyl (C=O) groups is 2. The van der Waals surface area contributed by atoms with Crippen molar-refractivity contribution in [3.63, 3.8) is 0 Å². The van der Waals surface area contributed by atoms with Crippen molar-refractivity contribution in [3.05, 3.63) is 20.9 Å². The van der Waals surface area contributed by atoms with Crippen molar-refractivity contribution in [2.75, 3.05) is 5.73 Å². The van der Waals surface area contributed by atoms with Gasteiger partial charge in [-0.3, -0.25) is 4.79 Å². The van der Waals surface area contributed by atoms with Gasteiger partial charge < -0.3 is 15.8 Å². The van der Waals surface area contributed by atoms with E-state index in [4.69, 9.17) is 45.3 Å². The molecule has 1 amide bonds. The predicted molar refractivity (Wildman–Crippen MR) is 103 cm³/mol. The number of hydrogen-bond acceptors (Lipinski definition) is 5. The standard InChI is InChI=1S/C17H22Cl3N3O3/c1-7-5-4-6-10(8(7)2)22-16(24)9(3)26-17(25)14-11(18)13(21)12(19)15(20)23-14/h7-10H,4-6H2,1-3H3,(H2,21,23)(H,22,24)/t7-,8+,9-,10+/m0/s1. The number of anilines is 1. The predicted octanol–water partition coefficient (Wildman–Crippen LogP) is 4.11. The first-order valence-corrected chi connectivity index (χ1v) is 9.58. The molecule has 26 heavy (non-hydrogen) atoms. The van der Waals surface area contributed by atoms with E-state index in [9.17, 15) is 9.59 Å². The second-order valence-corrected chi connectivity index (χ2v) is 7.84. The summed E-state index contributed by atoms with van der Waals surface area (Å²) in [4.78, 5) is 28.5. The molecule has 1 fully saturated rings. The number of ether oxygens (including phenoxy) is 1. The van der Waals surface area contributed by atoms with Crippen molar-refractivity contribution in [1.82, 2.24) is 10.3 Å². The van der Waals surface area contributed by atoms with Crippen molar-refractivity contribution in [2.24, 2.45) is 11.8 Å². The van der Waals surface area contributed by atoms with Crippen molar-refractivity contribution in [1.29, 1.82) is 0 Å². The lowest BCUT2D eigenvalue weighted by atomic mass is 9.78.